The molecular formula is C16H21N3O3. The molecule has 0 saturated heterocycles. The second-order valence-electron chi connectivity index (χ2n) is 4.90. The highest BCUT2D eigenvalue weighted by atomic mass is 16.5. The Balaban J connectivity index is 1.88. The standard InChI is InChI=1S/C16H21N3O3/c1-4-21-15-13(6-5-9-17-15)10-18-16(20)19-12(3)14-8-7-11(2)22-14/h5-9,12H,4,10H2,1-3H3,(H2,18,19,20)/t12-/m0/s1. The zero-order valence-electron chi connectivity index (χ0n) is 13.1. The monoisotopic (exact) mass is 303 g/mol. The van der Waals surface area contributed by atoms with Crippen LogP contribution in [-0.2, 0) is 6.54 Å². The second-order valence-corrected chi connectivity index (χ2v) is 4.90. The summed E-state index contributed by atoms with van der Waals surface area (Å²) in [5.74, 6) is 2.09. The zero-order chi connectivity index (χ0) is 15.9. The molecule has 2 amide bonds. The average Bonchev–Trinajstić information content (AvgIpc) is 2.93. The number of furan rings is 1. The number of hydrogen-bond acceptors (Lipinski definition) is 4. The molecule has 2 aromatic rings. The van der Waals surface area contributed by atoms with E-state index in [1.165, 1.54) is 0 Å². The summed E-state index contributed by atoms with van der Waals surface area (Å²) in [5.41, 5.74) is 0.834. The number of urea groups is 1. The van der Waals surface area contributed by atoms with Crippen molar-refractivity contribution in [2.24, 2.45) is 0 Å². The van der Waals surface area contributed by atoms with E-state index in [0.29, 0.717) is 19.0 Å². The maximum atomic E-state index is 12.0. The highest BCUT2D eigenvalue weighted by Crippen LogP contribution is 2.16. The van der Waals surface area contributed by atoms with Crippen LogP contribution in [0.25, 0.3) is 0 Å². The lowest BCUT2D eigenvalue weighted by Crippen LogP contribution is -2.36. The number of pyridine rings is 1. The molecule has 2 heterocycles. The van der Waals surface area contributed by atoms with Crippen LogP contribution in [0.2, 0.25) is 0 Å². The van der Waals surface area contributed by atoms with E-state index in [0.717, 1.165) is 17.1 Å². The molecule has 0 unspecified atom stereocenters. The van der Waals surface area contributed by atoms with Gasteiger partial charge in [0, 0.05) is 18.3 Å². The molecule has 2 aromatic heterocycles. The van der Waals surface area contributed by atoms with Crippen molar-refractivity contribution in [3.05, 3.63) is 47.5 Å². The fourth-order valence-electron chi connectivity index (χ4n) is 2.01. The molecule has 22 heavy (non-hydrogen) atoms. The number of ether oxygens (including phenoxy) is 1. The normalized spacial score (nSPS) is 11.8. The van der Waals surface area contributed by atoms with Crippen molar-refractivity contribution >= 4 is 6.03 Å². The number of nitrogens with one attached hydrogen (secondary N) is 2. The summed E-state index contributed by atoms with van der Waals surface area (Å²) in [5, 5.41) is 5.62. The molecule has 0 fully saturated rings. The highest BCUT2D eigenvalue weighted by Gasteiger charge is 2.13. The molecule has 0 aromatic carbocycles. The van der Waals surface area contributed by atoms with Crippen LogP contribution in [0, 0.1) is 6.92 Å². The van der Waals surface area contributed by atoms with Gasteiger partial charge in [0.05, 0.1) is 12.6 Å². The number of hydrogen-bond donors (Lipinski definition) is 2. The van der Waals surface area contributed by atoms with E-state index < -0.39 is 0 Å². The van der Waals surface area contributed by atoms with Crippen molar-refractivity contribution in [2.45, 2.75) is 33.4 Å². The Bertz CT molecular complexity index is 625. The molecule has 0 spiro atoms. The first kappa shape index (κ1) is 15.9. The lowest BCUT2D eigenvalue weighted by Gasteiger charge is -2.13. The van der Waals surface area contributed by atoms with Crippen LogP contribution in [-0.4, -0.2) is 17.6 Å². The summed E-state index contributed by atoms with van der Waals surface area (Å²) >= 11 is 0. The van der Waals surface area contributed by atoms with E-state index in [-0.39, 0.29) is 12.1 Å². The molecule has 0 radical (unpaired) electrons. The molecular weight excluding hydrogens is 282 g/mol. The van der Waals surface area contributed by atoms with Crippen LogP contribution < -0.4 is 15.4 Å². The van der Waals surface area contributed by atoms with Gasteiger partial charge in [0.1, 0.15) is 11.5 Å². The molecule has 0 bridgehead atoms. The Morgan fingerprint density at radius 3 is 2.91 bits per heavy atom. The third kappa shape index (κ3) is 4.25. The molecule has 0 aliphatic rings. The Kier molecular flexibility index (Phi) is 5.41. The lowest BCUT2D eigenvalue weighted by molar-refractivity contribution is 0.235. The summed E-state index contributed by atoms with van der Waals surface area (Å²) < 4.78 is 10.9. The third-order valence-electron chi connectivity index (χ3n) is 3.11. The number of rotatable bonds is 6. The molecule has 0 aliphatic carbocycles. The van der Waals surface area contributed by atoms with E-state index in [2.05, 4.69) is 15.6 Å². The van der Waals surface area contributed by atoms with Gasteiger partial charge < -0.3 is 19.8 Å². The van der Waals surface area contributed by atoms with Crippen LogP contribution in [0.5, 0.6) is 5.88 Å². The predicted molar refractivity (Wildman–Crippen MR) is 82.6 cm³/mol. The molecule has 118 valence electrons. The molecule has 2 N–H and O–H groups in total. The van der Waals surface area contributed by atoms with Crippen molar-refractivity contribution in [3.8, 4) is 5.88 Å². The largest absolute Gasteiger partial charge is 0.478 e. The Labute approximate surface area is 129 Å². The van der Waals surface area contributed by atoms with Crippen LogP contribution in [0.4, 0.5) is 4.79 Å². The number of aryl methyl sites for hydroxylation is 1. The van der Waals surface area contributed by atoms with Crippen LogP contribution in [0.3, 0.4) is 0 Å². The van der Waals surface area contributed by atoms with E-state index in [4.69, 9.17) is 9.15 Å². The zero-order valence-corrected chi connectivity index (χ0v) is 13.1. The Morgan fingerprint density at radius 2 is 2.23 bits per heavy atom. The first-order valence-electron chi connectivity index (χ1n) is 7.27. The number of amides is 2. The van der Waals surface area contributed by atoms with Gasteiger partial charge in [0.2, 0.25) is 5.88 Å². The van der Waals surface area contributed by atoms with Crippen molar-refractivity contribution in [2.75, 3.05) is 6.61 Å². The minimum Gasteiger partial charge on any atom is -0.478 e. The molecule has 6 nitrogen and oxygen atoms in total. The minimum absolute atomic E-state index is 0.200. The van der Waals surface area contributed by atoms with Crippen molar-refractivity contribution < 1.29 is 13.9 Å². The van der Waals surface area contributed by atoms with Crippen molar-refractivity contribution in [3.63, 3.8) is 0 Å². The number of carbonyl (C=O) groups is 1. The van der Waals surface area contributed by atoms with Crippen molar-refractivity contribution in [1.82, 2.24) is 15.6 Å². The topological polar surface area (TPSA) is 76.4 Å². The third-order valence-corrected chi connectivity index (χ3v) is 3.11. The fourth-order valence-corrected chi connectivity index (χ4v) is 2.01. The minimum atomic E-state index is -0.271. The summed E-state index contributed by atoms with van der Waals surface area (Å²) in [6.07, 6.45) is 1.66. The molecule has 0 saturated carbocycles. The lowest BCUT2D eigenvalue weighted by atomic mass is 10.2. The van der Waals surface area contributed by atoms with Gasteiger partial charge >= 0.3 is 6.03 Å². The van der Waals surface area contributed by atoms with Gasteiger partial charge in [-0.25, -0.2) is 9.78 Å². The van der Waals surface area contributed by atoms with Gasteiger partial charge in [0.25, 0.3) is 0 Å². The van der Waals surface area contributed by atoms with Gasteiger partial charge in [-0.05, 0) is 39.0 Å². The Hall–Kier alpha value is -2.50. The average molecular weight is 303 g/mol. The fraction of sp³-hybridized carbons (Fsp3) is 0.375. The maximum absolute atomic E-state index is 12.0. The quantitative estimate of drug-likeness (QED) is 0.860. The first-order chi connectivity index (χ1) is 10.6. The summed E-state index contributed by atoms with van der Waals surface area (Å²) in [6.45, 7) is 6.51. The van der Waals surface area contributed by atoms with E-state index in [1.807, 2.05) is 45.0 Å². The number of carbonyl (C=O) groups excluding carboxylic acids is 1. The summed E-state index contributed by atoms with van der Waals surface area (Å²) in [7, 11) is 0. The van der Waals surface area contributed by atoms with Crippen LogP contribution in [0.15, 0.2) is 34.9 Å². The summed E-state index contributed by atoms with van der Waals surface area (Å²) in [6, 6.07) is 6.94. The van der Waals surface area contributed by atoms with Gasteiger partial charge in [-0.3, -0.25) is 0 Å². The van der Waals surface area contributed by atoms with Gasteiger partial charge in [0.15, 0.2) is 0 Å². The summed E-state index contributed by atoms with van der Waals surface area (Å²) in [4.78, 5) is 16.1. The van der Waals surface area contributed by atoms with E-state index in [1.54, 1.807) is 6.20 Å². The van der Waals surface area contributed by atoms with Crippen LogP contribution >= 0.6 is 0 Å². The first-order valence-corrected chi connectivity index (χ1v) is 7.27. The maximum Gasteiger partial charge on any atom is 0.315 e. The predicted octanol–water partition coefficient (Wildman–Crippen LogP) is 2.94. The van der Waals surface area contributed by atoms with Gasteiger partial charge in [-0.15, -0.1) is 0 Å². The molecule has 1 atom stereocenters. The molecule has 2 rings (SSSR count). The van der Waals surface area contributed by atoms with Crippen LogP contribution in [0.1, 0.15) is 37.0 Å². The second kappa shape index (κ2) is 7.49. The van der Waals surface area contributed by atoms with Gasteiger partial charge in [-0.1, -0.05) is 6.07 Å². The van der Waals surface area contributed by atoms with Crippen molar-refractivity contribution in [1.29, 1.82) is 0 Å². The molecule has 0 aliphatic heterocycles. The number of aromatic nitrogens is 1. The molecule has 6 heteroatoms. The number of nitrogens with zero attached hydrogens (tertiary/aromatic N) is 1. The smallest absolute Gasteiger partial charge is 0.315 e. The highest BCUT2D eigenvalue weighted by molar-refractivity contribution is 5.74. The van der Waals surface area contributed by atoms with E-state index in [9.17, 15) is 4.79 Å². The van der Waals surface area contributed by atoms with Gasteiger partial charge in [-0.2, -0.15) is 0 Å². The Morgan fingerprint density at radius 1 is 1.41 bits per heavy atom. The van der Waals surface area contributed by atoms with E-state index >= 15 is 0 Å². The SMILES string of the molecule is CCOc1ncccc1CNC(=O)N[C@@H](C)c1ccc(C)o1.